The van der Waals surface area contributed by atoms with E-state index >= 15 is 0 Å². The molecule has 0 bridgehead atoms. The molecule has 14 heavy (non-hydrogen) atoms. The number of alkyl halides is 3. The Labute approximate surface area is 97.6 Å². The molecule has 3 nitrogen and oxygen atoms in total. The first-order valence-electron chi connectivity index (χ1n) is 3.97. The van der Waals surface area contributed by atoms with E-state index in [1.807, 2.05) is 13.8 Å². The molecule has 78 valence electrons. The summed E-state index contributed by atoms with van der Waals surface area (Å²) in [5, 5.41) is 0. The Morgan fingerprint density at radius 2 is 1.57 bits per heavy atom. The standard InChI is InChI=1S/C8H10Cl3N3/c1-4-6(3-12)5(2)14-7(13-4)8(9,10)11/h3,12H2,1-2H3. The van der Waals surface area contributed by atoms with Crippen LogP contribution in [0, 0.1) is 13.8 Å². The number of aryl methyl sites for hydroxylation is 2. The lowest BCUT2D eigenvalue weighted by atomic mass is 10.2. The minimum absolute atomic E-state index is 0.190. The topological polar surface area (TPSA) is 51.8 Å². The summed E-state index contributed by atoms with van der Waals surface area (Å²) in [6, 6.07) is 0. The van der Waals surface area contributed by atoms with Crippen LogP contribution in [-0.2, 0) is 10.3 Å². The van der Waals surface area contributed by atoms with Crippen molar-refractivity contribution in [3.8, 4) is 0 Å². The van der Waals surface area contributed by atoms with Crippen molar-refractivity contribution in [2.45, 2.75) is 24.2 Å². The lowest BCUT2D eigenvalue weighted by Gasteiger charge is -2.13. The predicted molar refractivity (Wildman–Crippen MR) is 58.6 cm³/mol. The zero-order valence-electron chi connectivity index (χ0n) is 7.81. The normalized spacial score (nSPS) is 11.9. The van der Waals surface area contributed by atoms with Crippen LogP contribution in [0.4, 0.5) is 0 Å². The first-order chi connectivity index (χ1) is 6.36. The van der Waals surface area contributed by atoms with Crippen LogP contribution in [0.25, 0.3) is 0 Å². The van der Waals surface area contributed by atoms with Crippen LogP contribution < -0.4 is 5.73 Å². The summed E-state index contributed by atoms with van der Waals surface area (Å²) >= 11 is 17.0. The molecule has 1 aromatic rings. The Kier molecular flexibility index (Phi) is 3.58. The van der Waals surface area contributed by atoms with Crippen LogP contribution in [0.5, 0.6) is 0 Å². The van der Waals surface area contributed by atoms with Gasteiger partial charge in [0.1, 0.15) is 0 Å². The lowest BCUT2D eigenvalue weighted by molar-refractivity contribution is 0.865. The Morgan fingerprint density at radius 1 is 1.14 bits per heavy atom. The van der Waals surface area contributed by atoms with E-state index in [1.165, 1.54) is 0 Å². The molecule has 0 aliphatic carbocycles. The van der Waals surface area contributed by atoms with Gasteiger partial charge in [-0.25, -0.2) is 9.97 Å². The highest BCUT2D eigenvalue weighted by atomic mass is 35.6. The van der Waals surface area contributed by atoms with Crippen LogP contribution in [0.15, 0.2) is 0 Å². The number of hydrogen-bond donors (Lipinski definition) is 1. The molecule has 2 N–H and O–H groups in total. The van der Waals surface area contributed by atoms with Crippen LogP contribution in [0.3, 0.4) is 0 Å². The fourth-order valence-electron chi connectivity index (χ4n) is 1.16. The van der Waals surface area contributed by atoms with E-state index in [0.717, 1.165) is 17.0 Å². The number of aromatic nitrogens is 2. The lowest BCUT2D eigenvalue weighted by Crippen LogP contribution is -2.14. The molecule has 6 heteroatoms. The van der Waals surface area contributed by atoms with Gasteiger partial charge >= 0.3 is 0 Å². The summed E-state index contributed by atoms with van der Waals surface area (Å²) < 4.78 is -1.58. The van der Waals surface area contributed by atoms with E-state index in [0.29, 0.717) is 6.54 Å². The second kappa shape index (κ2) is 4.19. The summed E-state index contributed by atoms with van der Waals surface area (Å²) in [4.78, 5) is 8.18. The second-order valence-corrected chi connectivity index (χ2v) is 5.18. The molecule has 0 aromatic carbocycles. The smallest absolute Gasteiger partial charge is 0.250 e. The summed E-state index contributed by atoms with van der Waals surface area (Å²) in [6.07, 6.45) is 0. The molecule has 0 saturated heterocycles. The molecule has 0 spiro atoms. The van der Waals surface area contributed by atoms with Gasteiger partial charge in [-0.3, -0.25) is 0 Å². The average molecular weight is 255 g/mol. The van der Waals surface area contributed by atoms with E-state index in [-0.39, 0.29) is 5.82 Å². The minimum Gasteiger partial charge on any atom is -0.326 e. The molecular weight excluding hydrogens is 244 g/mol. The van der Waals surface area contributed by atoms with Gasteiger partial charge in [0.15, 0.2) is 5.82 Å². The molecule has 1 rings (SSSR count). The van der Waals surface area contributed by atoms with Crippen LogP contribution in [0.2, 0.25) is 0 Å². The predicted octanol–water partition coefficient (Wildman–Crippen LogP) is 2.38. The Morgan fingerprint density at radius 3 is 1.86 bits per heavy atom. The third-order valence-electron chi connectivity index (χ3n) is 1.88. The maximum Gasteiger partial charge on any atom is 0.250 e. The Balaban J connectivity index is 3.28. The molecule has 0 saturated carbocycles. The van der Waals surface area contributed by atoms with Crippen molar-refractivity contribution < 1.29 is 0 Å². The molecule has 0 unspecified atom stereocenters. The Hall–Kier alpha value is -0.0900. The van der Waals surface area contributed by atoms with Gasteiger partial charge in [0.05, 0.1) is 0 Å². The van der Waals surface area contributed by atoms with E-state index in [2.05, 4.69) is 9.97 Å². The number of halogens is 3. The van der Waals surface area contributed by atoms with E-state index in [9.17, 15) is 0 Å². The van der Waals surface area contributed by atoms with Crippen LogP contribution in [-0.4, -0.2) is 9.97 Å². The van der Waals surface area contributed by atoms with Crippen molar-refractivity contribution in [1.29, 1.82) is 0 Å². The first kappa shape index (κ1) is 12.0. The summed E-state index contributed by atoms with van der Waals surface area (Å²) in [6.45, 7) is 4.02. The van der Waals surface area contributed by atoms with Crippen molar-refractivity contribution in [3.63, 3.8) is 0 Å². The first-order valence-corrected chi connectivity index (χ1v) is 5.11. The third-order valence-corrected chi connectivity index (χ3v) is 2.39. The third kappa shape index (κ3) is 2.48. The summed E-state index contributed by atoms with van der Waals surface area (Å²) in [5.41, 5.74) is 7.93. The maximum absolute atomic E-state index is 5.67. The monoisotopic (exact) mass is 253 g/mol. The van der Waals surface area contributed by atoms with E-state index in [1.54, 1.807) is 0 Å². The van der Waals surface area contributed by atoms with Crippen molar-refractivity contribution in [2.24, 2.45) is 5.73 Å². The van der Waals surface area contributed by atoms with Crippen molar-refractivity contribution in [1.82, 2.24) is 9.97 Å². The molecule has 0 radical (unpaired) electrons. The molecule has 0 atom stereocenters. The number of hydrogen-bond acceptors (Lipinski definition) is 3. The fourth-order valence-corrected chi connectivity index (χ4v) is 1.42. The van der Waals surface area contributed by atoms with Crippen LogP contribution in [0.1, 0.15) is 22.8 Å². The summed E-state index contributed by atoms with van der Waals surface area (Å²) in [5.74, 6) is 0.190. The van der Waals surface area contributed by atoms with Gasteiger partial charge in [-0.15, -0.1) is 0 Å². The van der Waals surface area contributed by atoms with Gasteiger partial charge in [0.2, 0.25) is 3.79 Å². The molecule has 0 aliphatic heterocycles. The van der Waals surface area contributed by atoms with E-state index < -0.39 is 3.79 Å². The maximum atomic E-state index is 5.67. The van der Waals surface area contributed by atoms with Gasteiger partial charge in [-0.1, -0.05) is 34.8 Å². The number of rotatable bonds is 1. The quantitative estimate of drug-likeness (QED) is 0.783. The van der Waals surface area contributed by atoms with Gasteiger partial charge in [-0.2, -0.15) is 0 Å². The highest BCUT2D eigenvalue weighted by molar-refractivity contribution is 6.66. The van der Waals surface area contributed by atoms with Crippen molar-refractivity contribution >= 4 is 34.8 Å². The summed E-state index contributed by atoms with van der Waals surface area (Å²) in [7, 11) is 0. The largest absolute Gasteiger partial charge is 0.326 e. The molecule has 0 aliphatic rings. The molecule has 1 heterocycles. The molecule has 1 aromatic heterocycles. The van der Waals surface area contributed by atoms with Gasteiger partial charge in [0, 0.05) is 23.5 Å². The number of nitrogens with two attached hydrogens (primary N) is 1. The van der Waals surface area contributed by atoms with Gasteiger partial charge < -0.3 is 5.73 Å². The molecular formula is C8H10Cl3N3. The molecule has 0 fully saturated rings. The highest BCUT2D eigenvalue weighted by Gasteiger charge is 2.27. The fraction of sp³-hybridized carbons (Fsp3) is 0.500. The zero-order valence-corrected chi connectivity index (χ0v) is 10.1. The second-order valence-electron chi connectivity index (χ2n) is 2.90. The van der Waals surface area contributed by atoms with E-state index in [4.69, 9.17) is 40.5 Å². The van der Waals surface area contributed by atoms with Crippen molar-refractivity contribution in [2.75, 3.05) is 0 Å². The van der Waals surface area contributed by atoms with Crippen LogP contribution >= 0.6 is 34.8 Å². The Bertz CT molecular complexity index is 323. The highest BCUT2D eigenvalue weighted by Crippen LogP contribution is 2.36. The van der Waals surface area contributed by atoms with Gasteiger partial charge in [-0.05, 0) is 13.8 Å². The average Bonchev–Trinajstić information content (AvgIpc) is 2.01. The minimum atomic E-state index is -1.58. The van der Waals surface area contributed by atoms with Crippen molar-refractivity contribution in [3.05, 3.63) is 22.8 Å². The van der Waals surface area contributed by atoms with Gasteiger partial charge in [0.25, 0.3) is 0 Å². The molecule has 0 amide bonds. The SMILES string of the molecule is Cc1nc(C(Cl)(Cl)Cl)nc(C)c1CN. The number of nitrogens with zero attached hydrogens (tertiary/aromatic N) is 2. The zero-order chi connectivity index (χ0) is 10.9.